The lowest BCUT2D eigenvalue weighted by Gasteiger charge is -2.27. The zero-order valence-electron chi connectivity index (χ0n) is 13.8. The van der Waals surface area contributed by atoms with E-state index >= 15 is 0 Å². The van der Waals surface area contributed by atoms with E-state index in [0.717, 1.165) is 0 Å². The molecule has 0 spiro atoms. The summed E-state index contributed by atoms with van der Waals surface area (Å²) in [6, 6.07) is 6.57. The van der Waals surface area contributed by atoms with E-state index < -0.39 is 17.7 Å². The monoisotopic (exact) mass is 338 g/mol. The molecule has 1 aliphatic rings. The molecular weight excluding hydrogens is 316 g/mol. The second-order valence-corrected chi connectivity index (χ2v) is 7.19. The average Bonchev–Trinajstić information content (AvgIpc) is 2.95. The molecule has 0 unspecified atom stereocenters. The minimum absolute atomic E-state index is 0.228. The summed E-state index contributed by atoms with van der Waals surface area (Å²) in [6.45, 7) is 5.41. The lowest BCUT2D eigenvalue weighted by molar-refractivity contribution is -0.120. The van der Waals surface area contributed by atoms with Crippen LogP contribution in [-0.2, 0) is 9.53 Å². The predicted molar refractivity (Wildman–Crippen MR) is 90.8 cm³/mol. The second-order valence-electron chi connectivity index (χ2n) is 6.19. The molecule has 7 heteroatoms. The van der Waals surface area contributed by atoms with Gasteiger partial charge in [-0.2, -0.15) is 0 Å². The SMILES string of the molecule is COc1cccc(NC(=O)[C@H]2CSCN2C(=O)OC(C)(C)C)c1. The third kappa shape index (κ3) is 4.79. The lowest BCUT2D eigenvalue weighted by Crippen LogP contribution is -2.46. The molecule has 2 rings (SSSR count). The summed E-state index contributed by atoms with van der Waals surface area (Å²) in [7, 11) is 1.57. The molecule has 23 heavy (non-hydrogen) atoms. The third-order valence-corrected chi connectivity index (χ3v) is 4.16. The Morgan fingerprint density at radius 2 is 2.09 bits per heavy atom. The summed E-state index contributed by atoms with van der Waals surface area (Å²) < 4.78 is 10.5. The minimum atomic E-state index is -0.585. The molecule has 126 valence electrons. The van der Waals surface area contributed by atoms with Crippen molar-refractivity contribution in [3.8, 4) is 5.75 Å². The van der Waals surface area contributed by atoms with Crippen molar-refractivity contribution < 1.29 is 19.1 Å². The van der Waals surface area contributed by atoms with Crippen LogP contribution in [0.25, 0.3) is 0 Å². The van der Waals surface area contributed by atoms with Crippen molar-refractivity contribution in [1.29, 1.82) is 0 Å². The fourth-order valence-electron chi connectivity index (χ4n) is 2.09. The number of nitrogens with zero attached hydrogens (tertiary/aromatic N) is 1. The van der Waals surface area contributed by atoms with Gasteiger partial charge >= 0.3 is 6.09 Å². The average molecular weight is 338 g/mol. The van der Waals surface area contributed by atoms with Gasteiger partial charge in [-0.05, 0) is 32.9 Å². The Morgan fingerprint density at radius 1 is 1.35 bits per heavy atom. The van der Waals surface area contributed by atoms with E-state index in [1.807, 2.05) is 0 Å². The van der Waals surface area contributed by atoms with Crippen LogP contribution in [0.15, 0.2) is 24.3 Å². The summed E-state index contributed by atoms with van der Waals surface area (Å²) in [4.78, 5) is 26.2. The molecule has 1 fully saturated rings. The molecular formula is C16H22N2O4S. The lowest BCUT2D eigenvalue weighted by atomic mass is 10.2. The molecule has 0 aliphatic carbocycles. The molecule has 1 aromatic rings. The highest BCUT2D eigenvalue weighted by molar-refractivity contribution is 7.99. The van der Waals surface area contributed by atoms with Crippen molar-refractivity contribution in [2.45, 2.75) is 32.4 Å². The third-order valence-electron chi connectivity index (χ3n) is 3.15. The van der Waals surface area contributed by atoms with Crippen LogP contribution in [0.1, 0.15) is 20.8 Å². The van der Waals surface area contributed by atoms with Gasteiger partial charge in [0.1, 0.15) is 17.4 Å². The quantitative estimate of drug-likeness (QED) is 0.918. The molecule has 0 aromatic heterocycles. The number of rotatable bonds is 3. The number of thioether (sulfide) groups is 1. The van der Waals surface area contributed by atoms with Gasteiger partial charge in [0.15, 0.2) is 0 Å². The number of benzene rings is 1. The molecule has 1 atom stereocenters. The maximum atomic E-state index is 12.5. The van der Waals surface area contributed by atoms with Crippen molar-refractivity contribution in [2.24, 2.45) is 0 Å². The van der Waals surface area contributed by atoms with Crippen LogP contribution in [0.5, 0.6) is 5.75 Å². The van der Waals surface area contributed by atoms with Crippen LogP contribution in [0.4, 0.5) is 10.5 Å². The van der Waals surface area contributed by atoms with Crippen LogP contribution in [-0.4, -0.2) is 47.3 Å². The summed E-state index contributed by atoms with van der Waals surface area (Å²) in [6.07, 6.45) is -0.465. The first-order chi connectivity index (χ1) is 10.8. The van der Waals surface area contributed by atoms with Gasteiger partial charge in [-0.1, -0.05) is 6.07 Å². The molecule has 0 saturated carbocycles. The number of ether oxygens (including phenoxy) is 2. The van der Waals surface area contributed by atoms with Gasteiger partial charge in [-0.15, -0.1) is 11.8 Å². The first-order valence-electron chi connectivity index (χ1n) is 7.32. The maximum absolute atomic E-state index is 12.5. The number of carbonyl (C=O) groups is 2. The Hall–Kier alpha value is -1.89. The molecule has 1 N–H and O–H groups in total. The van der Waals surface area contributed by atoms with E-state index in [9.17, 15) is 9.59 Å². The fraction of sp³-hybridized carbons (Fsp3) is 0.500. The van der Waals surface area contributed by atoms with Gasteiger partial charge in [0.25, 0.3) is 0 Å². The van der Waals surface area contributed by atoms with E-state index in [1.54, 1.807) is 52.1 Å². The topological polar surface area (TPSA) is 67.9 Å². The number of methoxy groups -OCH3 is 1. The van der Waals surface area contributed by atoms with Crippen LogP contribution < -0.4 is 10.1 Å². The number of nitrogens with one attached hydrogen (secondary N) is 1. The molecule has 6 nitrogen and oxygen atoms in total. The van der Waals surface area contributed by atoms with Crippen molar-refractivity contribution in [1.82, 2.24) is 4.90 Å². The molecule has 1 saturated heterocycles. The van der Waals surface area contributed by atoms with E-state index in [0.29, 0.717) is 23.1 Å². The van der Waals surface area contributed by atoms with Gasteiger partial charge in [-0.3, -0.25) is 9.69 Å². The number of hydrogen-bond acceptors (Lipinski definition) is 5. The number of amides is 2. The smallest absolute Gasteiger partial charge is 0.411 e. The number of carbonyl (C=O) groups excluding carboxylic acids is 2. The maximum Gasteiger partial charge on any atom is 0.411 e. The molecule has 1 aliphatic heterocycles. The number of anilines is 1. The largest absolute Gasteiger partial charge is 0.497 e. The van der Waals surface area contributed by atoms with E-state index in [4.69, 9.17) is 9.47 Å². The van der Waals surface area contributed by atoms with E-state index in [1.165, 1.54) is 16.7 Å². The van der Waals surface area contributed by atoms with Crippen LogP contribution >= 0.6 is 11.8 Å². The molecule has 1 heterocycles. The highest BCUT2D eigenvalue weighted by Gasteiger charge is 2.37. The standard InChI is InChI=1S/C16H22N2O4S/c1-16(2,3)22-15(20)18-10-23-9-13(18)14(19)17-11-6-5-7-12(8-11)21-4/h5-8,13H,9-10H2,1-4H3,(H,17,19)/t13-/m1/s1. The number of hydrogen-bond donors (Lipinski definition) is 1. The molecule has 2 amide bonds. The predicted octanol–water partition coefficient (Wildman–Crippen LogP) is 2.94. The summed E-state index contributed by atoms with van der Waals surface area (Å²) in [5.74, 6) is 1.43. The first-order valence-corrected chi connectivity index (χ1v) is 8.48. The molecule has 0 bridgehead atoms. The minimum Gasteiger partial charge on any atom is -0.497 e. The summed E-state index contributed by atoms with van der Waals surface area (Å²) in [5, 5.41) is 2.82. The van der Waals surface area contributed by atoms with Gasteiger partial charge in [0.2, 0.25) is 5.91 Å². The zero-order valence-corrected chi connectivity index (χ0v) is 14.6. The fourth-order valence-corrected chi connectivity index (χ4v) is 3.23. The van der Waals surface area contributed by atoms with Crippen molar-refractivity contribution >= 4 is 29.4 Å². The van der Waals surface area contributed by atoms with Crippen molar-refractivity contribution in [3.05, 3.63) is 24.3 Å². The summed E-state index contributed by atoms with van der Waals surface area (Å²) >= 11 is 1.53. The van der Waals surface area contributed by atoms with Crippen LogP contribution in [0.3, 0.4) is 0 Å². The normalized spacial score (nSPS) is 17.7. The zero-order chi connectivity index (χ0) is 17.0. The molecule has 0 radical (unpaired) electrons. The highest BCUT2D eigenvalue weighted by atomic mass is 32.2. The van der Waals surface area contributed by atoms with Gasteiger partial charge in [-0.25, -0.2) is 4.79 Å². The Balaban J connectivity index is 2.04. The van der Waals surface area contributed by atoms with Crippen molar-refractivity contribution in [2.75, 3.05) is 24.1 Å². The second kappa shape index (κ2) is 7.12. The van der Waals surface area contributed by atoms with Crippen LogP contribution in [0, 0.1) is 0 Å². The highest BCUT2D eigenvalue weighted by Crippen LogP contribution is 2.25. The van der Waals surface area contributed by atoms with E-state index in [-0.39, 0.29) is 5.91 Å². The van der Waals surface area contributed by atoms with E-state index in [2.05, 4.69) is 5.32 Å². The van der Waals surface area contributed by atoms with Gasteiger partial charge in [0.05, 0.1) is 13.0 Å². The Bertz CT molecular complexity index is 586. The Morgan fingerprint density at radius 3 is 2.74 bits per heavy atom. The Labute approximate surface area is 140 Å². The van der Waals surface area contributed by atoms with Crippen LogP contribution in [0.2, 0.25) is 0 Å². The Kier molecular flexibility index (Phi) is 5.41. The van der Waals surface area contributed by atoms with Gasteiger partial charge < -0.3 is 14.8 Å². The molecule has 1 aromatic carbocycles. The van der Waals surface area contributed by atoms with Gasteiger partial charge in [0, 0.05) is 17.5 Å². The first kappa shape index (κ1) is 17.5. The summed E-state index contributed by atoms with van der Waals surface area (Å²) in [5.41, 5.74) is 0.0495. The van der Waals surface area contributed by atoms with Crippen molar-refractivity contribution in [3.63, 3.8) is 0 Å².